The highest BCUT2D eigenvalue weighted by molar-refractivity contribution is 5.97. The maximum absolute atomic E-state index is 11.5. The van der Waals surface area contributed by atoms with Crippen molar-refractivity contribution in [1.29, 1.82) is 0 Å². The van der Waals surface area contributed by atoms with Gasteiger partial charge in [-0.3, -0.25) is 4.79 Å². The molecule has 0 fully saturated rings. The van der Waals surface area contributed by atoms with Crippen LogP contribution in [-0.4, -0.2) is 37.0 Å². The number of hydrogen-bond donors (Lipinski definition) is 1. The first-order valence-corrected chi connectivity index (χ1v) is 9.19. The fourth-order valence-corrected chi connectivity index (χ4v) is 3.14. The van der Waals surface area contributed by atoms with Crippen LogP contribution in [0.15, 0.2) is 30.3 Å². The number of benzene rings is 1. The smallest absolute Gasteiger partial charge is 0.329 e. The zero-order chi connectivity index (χ0) is 21.1. The molecule has 2 heterocycles. The van der Waals surface area contributed by atoms with Crippen LogP contribution < -0.4 is 0 Å². The summed E-state index contributed by atoms with van der Waals surface area (Å²) in [7, 11) is 0. The molecule has 0 aliphatic carbocycles. The van der Waals surface area contributed by atoms with Crippen molar-refractivity contribution in [1.82, 2.24) is 20.0 Å². The summed E-state index contributed by atoms with van der Waals surface area (Å²) in [6.07, 6.45) is 1.13. The maximum Gasteiger partial charge on any atom is 0.329 e. The summed E-state index contributed by atoms with van der Waals surface area (Å²) in [4.78, 5) is 27.3. The average molecular weight is 394 g/mol. The number of fused-ring (bicyclic) bond motifs is 1. The highest BCUT2D eigenvalue weighted by Gasteiger charge is 2.17. The average Bonchev–Trinajstić information content (AvgIpc) is 3.10. The number of carbonyl (C=O) groups is 2. The lowest BCUT2D eigenvalue weighted by Gasteiger charge is -2.13. The molecule has 0 aliphatic heterocycles. The van der Waals surface area contributed by atoms with Crippen LogP contribution in [-0.2, 0) is 27.5 Å². The quantitative estimate of drug-likeness (QED) is 0.506. The second-order valence-electron chi connectivity index (χ2n) is 6.65. The van der Waals surface area contributed by atoms with Gasteiger partial charge in [0.2, 0.25) is 0 Å². The Balaban J connectivity index is 2.14. The molecule has 150 valence electrons. The highest BCUT2D eigenvalue weighted by Crippen LogP contribution is 2.30. The largest absolute Gasteiger partial charge is 0.478 e. The van der Waals surface area contributed by atoms with Gasteiger partial charge >= 0.3 is 11.9 Å². The molecule has 0 saturated carbocycles. The molecule has 8 heteroatoms. The topological polar surface area (TPSA) is 107 Å². The van der Waals surface area contributed by atoms with Crippen LogP contribution in [0.1, 0.15) is 41.9 Å². The number of hydrogen-bond acceptors (Lipinski definition) is 6. The predicted molar refractivity (Wildman–Crippen MR) is 107 cm³/mol. The van der Waals surface area contributed by atoms with E-state index < -0.39 is 11.9 Å². The van der Waals surface area contributed by atoms with Crippen LogP contribution in [0.5, 0.6) is 0 Å². The number of carboxylic acid groups (broad SMARTS) is 1. The Kier molecular flexibility index (Phi) is 5.72. The normalized spacial score (nSPS) is 11.7. The lowest BCUT2D eigenvalue weighted by Crippen LogP contribution is -2.06. The molecule has 3 aromatic rings. The molecular formula is C21H22N4O4. The van der Waals surface area contributed by atoms with Crippen LogP contribution in [0, 0.1) is 13.8 Å². The first-order chi connectivity index (χ1) is 13.8. The van der Waals surface area contributed by atoms with E-state index in [0.717, 1.165) is 22.7 Å². The third-order valence-corrected chi connectivity index (χ3v) is 4.69. The van der Waals surface area contributed by atoms with Gasteiger partial charge in [0, 0.05) is 25.1 Å². The van der Waals surface area contributed by atoms with E-state index in [9.17, 15) is 14.7 Å². The number of aliphatic carboxylic acids is 1. The molecule has 0 atom stereocenters. The standard InChI is InChI=1S/C21H22N4O4/c1-5-25-19-9-7-15(13(3)21(19)23-24-25)16(10-20(27)28)17-8-6-12(2)18(22-17)11-29-14(4)26/h6-10H,5,11H2,1-4H3,(H,27,28)/b16-10+. The van der Waals surface area contributed by atoms with E-state index in [4.69, 9.17) is 4.74 Å². The minimum Gasteiger partial charge on any atom is -0.478 e. The summed E-state index contributed by atoms with van der Waals surface area (Å²) in [5.41, 5.74) is 5.48. The molecule has 2 aromatic heterocycles. The lowest BCUT2D eigenvalue weighted by molar-refractivity contribution is -0.142. The van der Waals surface area contributed by atoms with Gasteiger partial charge in [-0.1, -0.05) is 17.3 Å². The van der Waals surface area contributed by atoms with Gasteiger partial charge in [0.15, 0.2) is 0 Å². The van der Waals surface area contributed by atoms with Crippen molar-refractivity contribution in [3.63, 3.8) is 0 Å². The molecule has 1 aromatic carbocycles. The summed E-state index contributed by atoms with van der Waals surface area (Å²) in [6, 6.07) is 7.33. The SMILES string of the molecule is CCn1nnc2c(C)c(/C(=C\C(=O)O)c3ccc(C)c(COC(C)=O)n3)ccc21. The van der Waals surface area contributed by atoms with Crippen molar-refractivity contribution >= 4 is 28.5 Å². The van der Waals surface area contributed by atoms with Crippen molar-refractivity contribution in [2.45, 2.75) is 40.8 Å². The van der Waals surface area contributed by atoms with Crippen LogP contribution in [0.3, 0.4) is 0 Å². The minimum absolute atomic E-state index is 0.0260. The van der Waals surface area contributed by atoms with Crippen LogP contribution >= 0.6 is 0 Å². The molecule has 8 nitrogen and oxygen atoms in total. The van der Waals surface area contributed by atoms with Crippen molar-refractivity contribution < 1.29 is 19.4 Å². The van der Waals surface area contributed by atoms with Gasteiger partial charge < -0.3 is 9.84 Å². The lowest BCUT2D eigenvalue weighted by atomic mass is 9.95. The Hall–Kier alpha value is -3.55. The van der Waals surface area contributed by atoms with E-state index >= 15 is 0 Å². The molecule has 0 radical (unpaired) electrons. The number of rotatable bonds is 6. The highest BCUT2D eigenvalue weighted by atomic mass is 16.5. The molecular weight excluding hydrogens is 372 g/mol. The van der Waals surface area contributed by atoms with E-state index in [0.29, 0.717) is 34.6 Å². The third kappa shape index (κ3) is 4.16. The number of carboxylic acids is 1. The summed E-state index contributed by atoms with van der Waals surface area (Å²) >= 11 is 0. The Morgan fingerprint density at radius 1 is 1.21 bits per heavy atom. The van der Waals surface area contributed by atoms with Gasteiger partial charge in [0.1, 0.15) is 12.1 Å². The van der Waals surface area contributed by atoms with Gasteiger partial charge in [-0.2, -0.15) is 0 Å². The molecule has 29 heavy (non-hydrogen) atoms. The number of aryl methyl sites for hydroxylation is 3. The van der Waals surface area contributed by atoms with Gasteiger partial charge in [-0.25, -0.2) is 14.5 Å². The number of ether oxygens (including phenoxy) is 1. The Morgan fingerprint density at radius 3 is 2.62 bits per heavy atom. The van der Waals surface area contributed by atoms with E-state index in [1.807, 2.05) is 39.0 Å². The van der Waals surface area contributed by atoms with Gasteiger partial charge in [0.05, 0.1) is 16.9 Å². The van der Waals surface area contributed by atoms with Crippen LogP contribution in [0.25, 0.3) is 16.6 Å². The summed E-state index contributed by atoms with van der Waals surface area (Å²) in [5, 5.41) is 17.8. The number of nitrogens with zero attached hydrogens (tertiary/aromatic N) is 4. The first kappa shape index (κ1) is 20.2. The predicted octanol–water partition coefficient (Wildman–Crippen LogP) is 3.04. The molecule has 0 saturated heterocycles. The number of esters is 1. The van der Waals surface area contributed by atoms with Crippen LogP contribution in [0.4, 0.5) is 0 Å². The maximum atomic E-state index is 11.5. The molecule has 3 rings (SSSR count). The zero-order valence-electron chi connectivity index (χ0n) is 16.8. The summed E-state index contributed by atoms with van der Waals surface area (Å²) in [5.74, 6) is -1.49. The first-order valence-electron chi connectivity index (χ1n) is 9.19. The summed E-state index contributed by atoms with van der Waals surface area (Å²) < 4.78 is 6.85. The van der Waals surface area contributed by atoms with Crippen molar-refractivity contribution in [2.24, 2.45) is 0 Å². The third-order valence-electron chi connectivity index (χ3n) is 4.69. The Labute approximate surface area is 167 Å². The fourth-order valence-electron chi connectivity index (χ4n) is 3.14. The number of pyridine rings is 1. The fraction of sp³-hybridized carbons (Fsp3) is 0.286. The van der Waals surface area contributed by atoms with E-state index in [1.165, 1.54) is 6.92 Å². The van der Waals surface area contributed by atoms with Crippen LogP contribution in [0.2, 0.25) is 0 Å². The van der Waals surface area contributed by atoms with Crippen molar-refractivity contribution in [2.75, 3.05) is 0 Å². The second-order valence-corrected chi connectivity index (χ2v) is 6.65. The molecule has 0 bridgehead atoms. The second kappa shape index (κ2) is 8.22. The summed E-state index contributed by atoms with van der Waals surface area (Å²) in [6.45, 7) is 7.77. The monoisotopic (exact) mass is 394 g/mol. The zero-order valence-corrected chi connectivity index (χ0v) is 16.8. The van der Waals surface area contributed by atoms with Crippen molar-refractivity contribution in [3.05, 3.63) is 58.4 Å². The molecule has 1 N–H and O–H groups in total. The van der Waals surface area contributed by atoms with E-state index in [2.05, 4.69) is 15.3 Å². The van der Waals surface area contributed by atoms with Crippen molar-refractivity contribution in [3.8, 4) is 0 Å². The number of aromatic nitrogens is 4. The number of carbonyl (C=O) groups excluding carboxylic acids is 1. The minimum atomic E-state index is -1.08. The molecule has 0 spiro atoms. The Bertz CT molecular complexity index is 1130. The Morgan fingerprint density at radius 2 is 1.97 bits per heavy atom. The van der Waals surface area contributed by atoms with E-state index in [1.54, 1.807) is 10.7 Å². The molecule has 0 unspecified atom stereocenters. The molecule has 0 aliphatic rings. The van der Waals surface area contributed by atoms with E-state index in [-0.39, 0.29) is 6.61 Å². The molecule has 0 amide bonds. The van der Waals surface area contributed by atoms with Gasteiger partial charge in [-0.05, 0) is 49.6 Å². The van der Waals surface area contributed by atoms with Gasteiger partial charge in [0.25, 0.3) is 0 Å². The van der Waals surface area contributed by atoms with Gasteiger partial charge in [-0.15, -0.1) is 5.10 Å².